The monoisotopic (exact) mass is 418 g/mol. The van der Waals surface area contributed by atoms with Crippen LogP contribution >= 0.6 is 0 Å². The number of aromatic nitrogens is 3. The molecule has 31 heavy (non-hydrogen) atoms. The highest BCUT2D eigenvalue weighted by Crippen LogP contribution is 2.31. The summed E-state index contributed by atoms with van der Waals surface area (Å²) in [5.41, 5.74) is 2.03. The van der Waals surface area contributed by atoms with Gasteiger partial charge in [0.2, 0.25) is 5.91 Å². The maximum Gasteiger partial charge on any atom is 0.291 e. The summed E-state index contributed by atoms with van der Waals surface area (Å²) in [6.45, 7) is 4.79. The molecule has 2 heterocycles. The lowest BCUT2D eigenvalue weighted by molar-refractivity contribution is -0.124. The van der Waals surface area contributed by atoms with Gasteiger partial charge in [-0.05, 0) is 25.5 Å². The smallest absolute Gasteiger partial charge is 0.291 e. The molecule has 4 aromatic rings. The Kier molecular flexibility index (Phi) is 5.75. The Bertz CT molecular complexity index is 1310. The van der Waals surface area contributed by atoms with Crippen LogP contribution in [-0.4, -0.2) is 26.9 Å². The first-order chi connectivity index (χ1) is 15.1. The molecule has 0 unspecified atom stereocenters. The van der Waals surface area contributed by atoms with Crippen molar-refractivity contribution in [2.45, 2.75) is 32.9 Å². The van der Waals surface area contributed by atoms with E-state index in [0.717, 1.165) is 27.6 Å². The Morgan fingerprint density at radius 2 is 1.84 bits per heavy atom. The van der Waals surface area contributed by atoms with Gasteiger partial charge in [-0.3, -0.25) is 9.59 Å². The zero-order valence-electron chi connectivity index (χ0n) is 18.0. The van der Waals surface area contributed by atoms with E-state index in [9.17, 15) is 9.59 Å². The second kappa shape index (κ2) is 8.63. The number of para-hydroxylation sites is 2. The Morgan fingerprint density at radius 3 is 2.61 bits per heavy atom. The van der Waals surface area contributed by atoms with Crippen LogP contribution in [0.15, 0.2) is 59.5 Å². The van der Waals surface area contributed by atoms with Crippen LogP contribution in [0, 0.1) is 0 Å². The van der Waals surface area contributed by atoms with Gasteiger partial charge >= 0.3 is 0 Å². The van der Waals surface area contributed by atoms with Gasteiger partial charge in [-0.15, -0.1) is 0 Å². The summed E-state index contributed by atoms with van der Waals surface area (Å²) >= 11 is 0. The molecule has 7 heteroatoms. The quantitative estimate of drug-likeness (QED) is 0.498. The molecule has 1 amide bonds. The van der Waals surface area contributed by atoms with Gasteiger partial charge in [0.05, 0.1) is 18.3 Å². The average molecular weight is 418 g/mol. The van der Waals surface area contributed by atoms with Gasteiger partial charge in [0.1, 0.15) is 17.3 Å². The molecule has 0 aliphatic rings. The molecule has 0 aliphatic heterocycles. The van der Waals surface area contributed by atoms with Crippen molar-refractivity contribution in [1.29, 1.82) is 0 Å². The van der Waals surface area contributed by atoms with E-state index in [1.54, 1.807) is 13.2 Å². The maximum absolute atomic E-state index is 13.3. The molecule has 160 valence electrons. The van der Waals surface area contributed by atoms with Crippen molar-refractivity contribution in [3.63, 3.8) is 0 Å². The summed E-state index contributed by atoms with van der Waals surface area (Å²) in [7, 11) is 1.62. The minimum absolute atomic E-state index is 0.143. The van der Waals surface area contributed by atoms with Crippen LogP contribution in [0.25, 0.3) is 21.8 Å². The Morgan fingerprint density at radius 1 is 1.10 bits per heavy atom. The van der Waals surface area contributed by atoms with Gasteiger partial charge in [-0.25, -0.2) is 4.68 Å². The zero-order chi connectivity index (χ0) is 22.0. The first-order valence-corrected chi connectivity index (χ1v) is 10.5. The normalized spacial score (nSPS) is 12.2. The van der Waals surface area contributed by atoms with Crippen LogP contribution in [0.2, 0.25) is 0 Å². The first-order valence-electron chi connectivity index (χ1n) is 10.5. The topological polar surface area (TPSA) is 78.2 Å². The van der Waals surface area contributed by atoms with Gasteiger partial charge in [-0.2, -0.15) is 5.10 Å². The SMILES string of the molecule is CCOc1ccccc1CNC(=O)[C@@H](CC)n1c2ccccc2c2cnn(C)c(=O)c21. The molecule has 0 spiro atoms. The number of nitrogens with zero attached hydrogens (tertiary/aromatic N) is 3. The number of benzene rings is 2. The third kappa shape index (κ3) is 3.67. The summed E-state index contributed by atoms with van der Waals surface area (Å²) < 4.78 is 8.83. The highest BCUT2D eigenvalue weighted by molar-refractivity contribution is 6.08. The van der Waals surface area contributed by atoms with E-state index < -0.39 is 6.04 Å². The lowest BCUT2D eigenvalue weighted by Crippen LogP contribution is -2.33. The molecule has 1 atom stereocenters. The maximum atomic E-state index is 13.3. The molecule has 0 radical (unpaired) electrons. The number of fused-ring (bicyclic) bond motifs is 3. The molecule has 7 nitrogen and oxygen atoms in total. The van der Waals surface area contributed by atoms with Crippen molar-refractivity contribution in [3.8, 4) is 5.75 Å². The number of nitrogens with one attached hydrogen (secondary N) is 1. The summed E-state index contributed by atoms with van der Waals surface area (Å²) in [6, 6.07) is 14.9. The molecular formula is C24H26N4O3. The summed E-state index contributed by atoms with van der Waals surface area (Å²) in [4.78, 5) is 26.3. The van der Waals surface area contributed by atoms with E-state index in [1.807, 2.05) is 66.9 Å². The number of carbonyl (C=O) groups is 1. The van der Waals surface area contributed by atoms with Crippen LogP contribution in [0.5, 0.6) is 5.75 Å². The predicted molar refractivity (Wildman–Crippen MR) is 121 cm³/mol. The fraction of sp³-hybridized carbons (Fsp3) is 0.292. The van der Waals surface area contributed by atoms with E-state index in [0.29, 0.717) is 25.1 Å². The predicted octanol–water partition coefficient (Wildman–Crippen LogP) is 3.55. The minimum atomic E-state index is -0.531. The van der Waals surface area contributed by atoms with Gasteiger partial charge in [-0.1, -0.05) is 43.3 Å². The molecule has 0 fully saturated rings. The van der Waals surface area contributed by atoms with Crippen molar-refractivity contribution < 1.29 is 9.53 Å². The highest BCUT2D eigenvalue weighted by Gasteiger charge is 2.25. The van der Waals surface area contributed by atoms with Crippen molar-refractivity contribution in [1.82, 2.24) is 19.7 Å². The fourth-order valence-corrected chi connectivity index (χ4v) is 4.04. The molecule has 0 aliphatic carbocycles. The van der Waals surface area contributed by atoms with E-state index >= 15 is 0 Å². The third-order valence-corrected chi connectivity index (χ3v) is 5.53. The standard InChI is InChI=1S/C24H26N4O3/c1-4-19(23(29)25-14-16-10-6-9-13-21(16)31-5-2)28-20-12-8-7-11-17(20)18-15-26-27(3)24(30)22(18)28/h6-13,15,19H,4-5,14H2,1-3H3,(H,25,29)/t19-/m1/s1. The Hall–Kier alpha value is -3.61. The number of hydrogen-bond acceptors (Lipinski definition) is 4. The second-order valence-corrected chi connectivity index (χ2v) is 7.41. The fourth-order valence-electron chi connectivity index (χ4n) is 4.04. The van der Waals surface area contributed by atoms with Gasteiger partial charge in [0, 0.05) is 29.9 Å². The summed E-state index contributed by atoms with van der Waals surface area (Å²) in [5, 5.41) is 8.88. The van der Waals surface area contributed by atoms with Crippen LogP contribution in [-0.2, 0) is 18.4 Å². The molecule has 0 bridgehead atoms. The zero-order valence-corrected chi connectivity index (χ0v) is 18.0. The van der Waals surface area contributed by atoms with Crippen LogP contribution in [0.4, 0.5) is 0 Å². The first kappa shape index (κ1) is 20.7. The van der Waals surface area contributed by atoms with E-state index in [1.165, 1.54) is 4.68 Å². The lowest BCUT2D eigenvalue weighted by Gasteiger charge is -2.20. The Labute approximate surface area is 180 Å². The molecular weight excluding hydrogens is 392 g/mol. The van der Waals surface area contributed by atoms with E-state index in [4.69, 9.17) is 4.74 Å². The van der Waals surface area contributed by atoms with E-state index in [2.05, 4.69) is 10.4 Å². The molecule has 0 saturated heterocycles. The second-order valence-electron chi connectivity index (χ2n) is 7.41. The van der Waals surface area contributed by atoms with Crippen molar-refractivity contribution in [2.24, 2.45) is 7.05 Å². The van der Waals surface area contributed by atoms with Crippen LogP contribution < -0.4 is 15.6 Å². The van der Waals surface area contributed by atoms with Crippen molar-refractivity contribution >= 4 is 27.7 Å². The van der Waals surface area contributed by atoms with Gasteiger partial charge in [0.15, 0.2) is 0 Å². The minimum Gasteiger partial charge on any atom is -0.494 e. The van der Waals surface area contributed by atoms with Gasteiger partial charge in [0.25, 0.3) is 5.56 Å². The Balaban J connectivity index is 1.75. The lowest BCUT2D eigenvalue weighted by atomic mass is 10.1. The molecule has 0 saturated carbocycles. The number of rotatable bonds is 7. The molecule has 1 N–H and O–H groups in total. The van der Waals surface area contributed by atoms with E-state index in [-0.39, 0.29) is 11.5 Å². The molecule has 4 rings (SSSR count). The third-order valence-electron chi connectivity index (χ3n) is 5.53. The van der Waals surface area contributed by atoms with Crippen molar-refractivity contribution in [2.75, 3.05) is 6.61 Å². The number of amides is 1. The number of ether oxygens (including phenoxy) is 1. The van der Waals surface area contributed by atoms with Crippen LogP contribution in [0.1, 0.15) is 31.9 Å². The largest absolute Gasteiger partial charge is 0.494 e. The molecule has 2 aromatic heterocycles. The summed E-state index contributed by atoms with van der Waals surface area (Å²) in [5.74, 6) is 0.616. The van der Waals surface area contributed by atoms with Crippen molar-refractivity contribution in [3.05, 3.63) is 70.6 Å². The highest BCUT2D eigenvalue weighted by atomic mass is 16.5. The van der Waals surface area contributed by atoms with Gasteiger partial charge < -0.3 is 14.6 Å². The number of hydrogen-bond donors (Lipinski definition) is 1. The summed E-state index contributed by atoms with van der Waals surface area (Å²) in [6.07, 6.45) is 2.23. The average Bonchev–Trinajstić information content (AvgIpc) is 3.11. The molecule has 2 aromatic carbocycles. The number of aryl methyl sites for hydroxylation is 1. The van der Waals surface area contributed by atoms with Crippen LogP contribution in [0.3, 0.4) is 0 Å². The number of carbonyl (C=O) groups excluding carboxylic acids is 1.